The number of ether oxygens (including phenoxy) is 2. The Labute approximate surface area is 133 Å². The Balaban J connectivity index is 1.54. The van der Waals surface area contributed by atoms with E-state index in [0.717, 1.165) is 83.4 Å². The normalized spacial score (nSPS) is 27.4. The van der Waals surface area contributed by atoms with Crippen molar-refractivity contribution in [3.63, 3.8) is 0 Å². The molecule has 1 unspecified atom stereocenters. The summed E-state index contributed by atoms with van der Waals surface area (Å²) in [4.78, 5) is 14.5. The quantitative estimate of drug-likeness (QED) is 0.733. The maximum atomic E-state index is 12.5. The van der Waals surface area contributed by atoms with Crippen LogP contribution in [-0.2, 0) is 14.3 Å². The summed E-state index contributed by atoms with van der Waals surface area (Å²) < 4.78 is 11.7. The van der Waals surface area contributed by atoms with Gasteiger partial charge in [0.25, 0.3) is 0 Å². The fourth-order valence-corrected chi connectivity index (χ4v) is 4.27. The summed E-state index contributed by atoms with van der Waals surface area (Å²) in [6.07, 6.45) is 9.52. The maximum absolute atomic E-state index is 12.5. The highest BCUT2D eigenvalue weighted by Crippen LogP contribution is 2.42. The highest BCUT2D eigenvalue weighted by atomic mass is 16.5. The van der Waals surface area contributed by atoms with Gasteiger partial charge < -0.3 is 14.4 Å². The number of carbonyl (C=O) groups is 1. The van der Waals surface area contributed by atoms with Crippen molar-refractivity contribution in [2.75, 3.05) is 32.9 Å². The highest BCUT2D eigenvalue weighted by molar-refractivity contribution is 5.93. The van der Waals surface area contributed by atoms with E-state index in [9.17, 15) is 4.79 Å². The standard InChI is InChI=1S/C18H29NO3/c1-2-21-13-7-16-8-14-22-18(16)9-11-19(12-10-18)17(20)15-5-3-4-6-15/h5,16H,2-4,6-14H2,1H3. The molecule has 4 heteroatoms. The van der Waals surface area contributed by atoms with Crippen LogP contribution in [0, 0.1) is 5.92 Å². The summed E-state index contributed by atoms with van der Waals surface area (Å²) in [6.45, 7) is 6.24. The summed E-state index contributed by atoms with van der Waals surface area (Å²) in [5.41, 5.74) is 1.05. The van der Waals surface area contributed by atoms with Gasteiger partial charge in [-0.15, -0.1) is 0 Å². The first-order valence-corrected chi connectivity index (χ1v) is 8.95. The molecule has 1 aliphatic carbocycles. The molecule has 0 radical (unpaired) electrons. The summed E-state index contributed by atoms with van der Waals surface area (Å²) in [5.74, 6) is 0.873. The van der Waals surface area contributed by atoms with Gasteiger partial charge in [0.1, 0.15) is 0 Å². The minimum absolute atomic E-state index is 0.0118. The molecule has 3 rings (SSSR count). The fourth-order valence-electron chi connectivity index (χ4n) is 4.27. The minimum Gasteiger partial charge on any atom is -0.382 e. The zero-order valence-electron chi connectivity index (χ0n) is 13.8. The van der Waals surface area contributed by atoms with Crippen molar-refractivity contribution >= 4 is 5.91 Å². The van der Waals surface area contributed by atoms with Crippen molar-refractivity contribution in [3.8, 4) is 0 Å². The van der Waals surface area contributed by atoms with Gasteiger partial charge in [-0.3, -0.25) is 4.79 Å². The lowest BCUT2D eigenvalue weighted by molar-refractivity contribution is -0.133. The number of allylic oxidation sites excluding steroid dienone is 1. The SMILES string of the molecule is CCOCCC1CCOC12CCN(C(=O)C1=CCCC1)CC2. The Morgan fingerprint density at radius 3 is 2.95 bits per heavy atom. The molecule has 0 bridgehead atoms. The van der Waals surface area contributed by atoms with Crippen molar-refractivity contribution in [2.45, 2.75) is 57.5 Å². The van der Waals surface area contributed by atoms with Crippen LogP contribution in [0.15, 0.2) is 11.6 Å². The van der Waals surface area contributed by atoms with Gasteiger partial charge in [-0.05, 0) is 57.8 Å². The predicted octanol–water partition coefficient (Wildman–Crippen LogP) is 2.92. The van der Waals surface area contributed by atoms with Crippen LogP contribution in [0.3, 0.4) is 0 Å². The zero-order valence-corrected chi connectivity index (χ0v) is 13.8. The monoisotopic (exact) mass is 307 g/mol. The molecule has 1 amide bonds. The Bertz CT molecular complexity index is 424. The summed E-state index contributed by atoms with van der Waals surface area (Å²) in [5, 5.41) is 0. The van der Waals surface area contributed by atoms with Crippen molar-refractivity contribution in [3.05, 3.63) is 11.6 Å². The van der Waals surface area contributed by atoms with E-state index >= 15 is 0 Å². The van der Waals surface area contributed by atoms with Gasteiger partial charge in [-0.2, -0.15) is 0 Å². The lowest BCUT2D eigenvalue weighted by atomic mass is 9.78. The zero-order chi connectivity index (χ0) is 15.4. The molecular formula is C18H29NO3. The Morgan fingerprint density at radius 1 is 1.45 bits per heavy atom. The lowest BCUT2D eigenvalue weighted by Crippen LogP contribution is -2.49. The summed E-state index contributed by atoms with van der Waals surface area (Å²) >= 11 is 0. The number of hydrogen-bond acceptors (Lipinski definition) is 3. The first-order valence-electron chi connectivity index (χ1n) is 8.95. The number of piperidine rings is 1. The predicted molar refractivity (Wildman–Crippen MR) is 85.6 cm³/mol. The molecule has 4 nitrogen and oxygen atoms in total. The molecule has 2 aliphatic heterocycles. The van der Waals surface area contributed by atoms with Crippen molar-refractivity contribution < 1.29 is 14.3 Å². The van der Waals surface area contributed by atoms with Crippen molar-refractivity contribution in [1.29, 1.82) is 0 Å². The van der Waals surface area contributed by atoms with Crippen LogP contribution in [0.2, 0.25) is 0 Å². The molecule has 2 heterocycles. The molecule has 1 spiro atoms. The fraction of sp³-hybridized carbons (Fsp3) is 0.833. The second kappa shape index (κ2) is 7.14. The number of carbonyl (C=O) groups excluding carboxylic acids is 1. The molecule has 0 N–H and O–H groups in total. The molecule has 22 heavy (non-hydrogen) atoms. The van der Waals surface area contributed by atoms with E-state index in [4.69, 9.17) is 9.47 Å². The van der Waals surface area contributed by atoms with Gasteiger partial charge in [-0.25, -0.2) is 0 Å². The van der Waals surface area contributed by atoms with Crippen molar-refractivity contribution in [1.82, 2.24) is 4.90 Å². The molecule has 0 saturated carbocycles. The van der Waals surface area contributed by atoms with Gasteiger partial charge in [-0.1, -0.05) is 6.08 Å². The second-order valence-corrected chi connectivity index (χ2v) is 6.80. The van der Waals surface area contributed by atoms with Crippen LogP contribution in [0.5, 0.6) is 0 Å². The molecule has 0 aromatic carbocycles. The molecule has 0 aromatic rings. The van der Waals surface area contributed by atoms with Gasteiger partial charge in [0.15, 0.2) is 0 Å². The van der Waals surface area contributed by atoms with Crippen LogP contribution in [0.25, 0.3) is 0 Å². The van der Waals surface area contributed by atoms with Crippen molar-refractivity contribution in [2.24, 2.45) is 5.92 Å². The van der Waals surface area contributed by atoms with Gasteiger partial charge in [0, 0.05) is 38.5 Å². The van der Waals surface area contributed by atoms with E-state index in [-0.39, 0.29) is 11.5 Å². The van der Waals surface area contributed by atoms with Gasteiger partial charge in [0.2, 0.25) is 5.91 Å². The topological polar surface area (TPSA) is 38.8 Å². The van der Waals surface area contributed by atoms with E-state index in [0.29, 0.717) is 5.92 Å². The molecule has 2 saturated heterocycles. The van der Waals surface area contributed by atoms with Crippen LogP contribution in [0.1, 0.15) is 51.9 Å². The smallest absolute Gasteiger partial charge is 0.249 e. The molecule has 2 fully saturated rings. The number of amides is 1. The molecule has 1 atom stereocenters. The van der Waals surface area contributed by atoms with Crippen LogP contribution in [0.4, 0.5) is 0 Å². The van der Waals surface area contributed by atoms with E-state index in [2.05, 4.69) is 6.08 Å². The third-order valence-electron chi connectivity index (χ3n) is 5.63. The van der Waals surface area contributed by atoms with Crippen LogP contribution in [-0.4, -0.2) is 49.3 Å². The third-order valence-corrected chi connectivity index (χ3v) is 5.63. The molecule has 3 aliphatic rings. The van der Waals surface area contributed by atoms with Gasteiger partial charge >= 0.3 is 0 Å². The van der Waals surface area contributed by atoms with E-state index < -0.39 is 0 Å². The third kappa shape index (κ3) is 3.23. The van der Waals surface area contributed by atoms with E-state index in [1.54, 1.807) is 0 Å². The first kappa shape index (κ1) is 16.0. The van der Waals surface area contributed by atoms with E-state index in [1.165, 1.54) is 0 Å². The average molecular weight is 307 g/mol. The van der Waals surface area contributed by atoms with Crippen LogP contribution >= 0.6 is 0 Å². The molecule has 0 aromatic heterocycles. The molecule has 124 valence electrons. The number of hydrogen-bond donors (Lipinski definition) is 0. The minimum atomic E-state index is 0.0118. The Hall–Kier alpha value is -0.870. The Kier molecular flexibility index (Phi) is 5.19. The summed E-state index contributed by atoms with van der Waals surface area (Å²) in [7, 11) is 0. The second-order valence-electron chi connectivity index (χ2n) is 6.80. The largest absolute Gasteiger partial charge is 0.382 e. The summed E-state index contributed by atoms with van der Waals surface area (Å²) in [6, 6.07) is 0. The lowest BCUT2D eigenvalue weighted by Gasteiger charge is -2.42. The Morgan fingerprint density at radius 2 is 2.27 bits per heavy atom. The van der Waals surface area contributed by atoms with E-state index in [1.807, 2.05) is 11.8 Å². The molecular weight excluding hydrogens is 278 g/mol. The first-order chi connectivity index (χ1) is 10.7. The number of nitrogens with zero attached hydrogens (tertiary/aromatic N) is 1. The number of likely N-dealkylation sites (tertiary alicyclic amines) is 1. The maximum Gasteiger partial charge on any atom is 0.249 e. The number of rotatable bonds is 5. The highest BCUT2D eigenvalue weighted by Gasteiger charge is 2.46. The average Bonchev–Trinajstić information content (AvgIpc) is 3.19. The van der Waals surface area contributed by atoms with Crippen LogP contribution < -0.4 is 0 Å². The van der Waals surface area contributed by atoms with Gasteiger partial charge in [0.05, 0.1) is 5.60 Å².